The standard InChI is InChI=1S/C13H20BrNO3/c1-8(5-6-15)11-9(14)7-10(16-2)12(17-3)13(11)18-4/h7-8H,5-6,15H2,1-4H3. The maximum atomic E-state index is 5.62. The Labute approximate surface area is 117 Å². The van der Waals surface area contributed by atoms with Crippen molar-refractivity contribution < 1.29 is 14.2 Å². The lowest BCUT2D eigenvalue weighted by Crippen LogP contribution is -2.08. The average molecular weight is 318 g/mol. The number of benzene rings is 1. The lowest BCUT2D eigenvalue weighted by Gasteiger charge is -2.21. The first-order valence-corrected chi connectivity index (χ1v) is 6.58. The zero-order valence-corrected chi connectivity index (χ0v) is 12.8. The van der Waals surface area contributed by atoms with Crippen LogP contribution < -0.4 is 19.9 Å². The third-order valence-electron chi connectivity index (χ3n) is 2.91. The van der Waals surface area contributed by atoms with E-state index < -0.39 is 0 Å². The summed E-state index contributed by atoms with van der Waals surface area (Å²) in [6.45, 7) is 2.74. The van der Waals surface area contributed by atoms with Crippen LogP contribution in [0.2, 0.25) is 0 Å². The Morgan fingerprint density at radius 3 is 2.22 bits per heavy atom. The van der Waals surface area contributed by atoms with Gasteiger partial charge in [-0.05, 0) is 24.9 Å². The summed E-state index contributed by atoms with van der Waals surface area (Å²) in [6.07, 6.45) is 0.879. The Morgan fingerprint density at radius 1 is 1.17 bits per heavy atom. The normalized spacial score (nSPS) is 12.1. The van der Waals surface area contributed by atoms with E-state index in [1.54, 1.807) is 21.3 Å². The molecule has 2 N–H and O–H groups in total. The maximum absolute atomic E-state index is 5.62. The van der Waals surface area contributed by atoms with Crippen LogP contribution in [0, 0.1) is 0 Å². The molecule has 0 saturated carbocycles. The fraction of sp³-hybridized carbons (Fsp3) is 0.538. The van der Waals surface area contributed by atoms with Gasteiger partial charge < -0.3 is 19.9 Å². The van der Waals surface area contributed by atoms with Gasteiger partial charge in [-0.25, -0.2) is 0 Å². The fourth-order valence-electron chi connectivity index (χ4n) is 2.00. The van der Waals surface area contributed by atoms with E-state index in [1.165, 1.54) is 0 Å². The zero-order chi connectivity index (χ0) is 13.7. The van der Waals surface area contributed by atoms with Gasteiger partial charge in [0.2, 0.25) is 5.75 Å². The molecule has 5 heteroatoms. The van der Waals surface area contributed by atoms with Crippen LogP contribution >= 0.6 is 15.9 Å². The van der Waals surface area contributed by atoms with Crippen molar-refractivity contribution in [3.05, 3.63) is 16.1 Å². The van der Waals surface area contributed by atoms with Crippen LogP contribution in [-0.4, -0.2) is 27.9 Å². The van der Waals surface area contributed by atoms with Crippen molar-refractivity contribution in [1.82, 2.24) is 0 Å². The molecule has 0 radical (unpaired) electrons. The minimum absolute atomic E-state index is 0.277. The van der Waals surface area contributed by atoms with Gasteiger partial charge in [-0.15, -0.1) is 0 Å². The molecular weight excluding hydrogens is 298 g/mol. The summed E-state index contributed by atoms with van der Waals surface area (Å²) >= 11 is 3.56. The molecule has 0 bridgehead atoms. The van der Waals surface area contributed by atoms with E-state index >= 15 is 0 Å². The molecule has 1 aromatic carbocycles. The molecule has 0 saturated heterocycles. The molecular formula is C13H20BrNO3. The van der Waals surface area contributed by atoms with Crippen LogP contribution in [0.15, 0.2) is 10.5 Å². The van der Waals surface area contributed by atoms with E-state index in [0.29, 0.717) is 23.8 Å². The van der Waals surface area contributed by atoms with Crippen LogP contribution in [0.4, 0.5) is 0 Å². The van der Waals surface area contributed by atoms with Gasteiger partial charge >= 0.3 is 0 Å². The summed E-state index contributed by atoms with van der Waals surface area (Å²) in [4.78, 5) is 0. The lowest BCUT2D eigenvalue weighted by molar-refractivity contribution is 0.320. The van der Waals surface area contributed by atoms with Gasteiger partial charge in [0.25, 0.3) is 0 Å². The molecule has 1 aromatic rings. The van der Waals surface area contributed by atoms with Crippen LogP contribution in [0.5, 0.6) is 17.2 Å². The molecule has 0 amide bonds. The largest absolute Gasteiger partial charge is 0.493 e. The summed E-state index contributed by atoms with van der Waals surface area (Å²) in [5.74, 6) is 2.23. The average Bonchev–Trinajstić information content (AvgIpc) is 2.37. The molecule has 0 fully saturated rings. The van der Waals surface area contributed by atoms with E-state index in [1.807, 2.05) is 6.07 Å². The molecule has 0 aliphatic heterocycles. The first kappa shape index (κ1) is 15.1. The molecule has 0 heterocycles. The Kier molecular flexibility index (Phi) is 5.75. The van der Waals surface area contributed by atoms with Crippen molar-refractivity contribution in [2.75, 3.05) is 27.9 Å². The Balaban J connectivity index is 3.40. The minimum Gasteiger partial charge on any atom is -0.493 e. The molecule has 0 spiro atoms. The highest BCUT2D eigenvalue weighted by Crippen LogP contribution is 2.47. The zero-order valence-electron chi connectivity index (χ0n) is 11.2. The highest BCUT2D eigenvalue weighted by Gasteiger charge is 2.22. The summed E-state index contributed by atoms with van der Waals surface area (Å²) in [6, 6.07) is 1.89. The molecule has 1 unspecified atom stereocenters. The molecule has 0 aliphatic rings. The highest BCUT2D eigenvalue weighted by atomic mass is 79.9. The molecule has 0 aromatic heterocycles. The number of nitrogens with two attached hydrogens (primary N) is 1. The van der Waals surface area contributed by atoms with Crippen molar-refractivity contribution in [3.63, 3.8) is 0 Å². The summed E-state index contributed by atoms with van der Waals surface area (Å²) in [7, 11) is 4.83. The van der Waals surface area contributed by atoms with Gasteiger partial charge in [-0.3, -0.25) is 0 Å². The van der Waals surface area contributed by atoms with Gasteiger partial charge in [-0.1, -0.05) is 22.9 Å². The van der Waals surface area contributed by atoms with Crippen LogP contribution in [0.25, 0.3) is 0 Å². The maximum Gasteiger partial charge on any atom is 0.203 e. The predicted octanol–water partition coefficient (Wildman–Crippen LogP) is 2.93. The van der Waals surface area contributed by atoms with E-state index in [2.05, 4.69) is 22.9 Å². The van der Waals surface area contributed by atoms with Gasteiger partial charge in [-0.2, -0.15) is 0 Å². The number of ether oxygens (including phenoxy) is 3. The highest BCUT2D eigenvalue weighted by molar-refractivity contribution is 9.10. The van der Waals surface area contributed by atoms with Crippen molar-refractivity contribution in [2.45, 2.75) is 19.3 Å². The van der Waals surface area contributed by atoms with Crippen LogP contribution in [-0.2, 0) is 0 Å². The Hall–Kier alpha value is -0.940. The number of hydrogen-bond donors (Lipinski definition) is 1. The van der Waals surface area contributed by atoms with Crippen LogP contribution in [0.3, 0.4) is 0 Å². The summed E-state index contributed by atoms with van der Waals surface area (Å²) < 4.78 is 17.1. The second kappa shape index (κ2) is 6.85. The van der Waals surface area contributed by atoms with Gasteiger partial charge in [0.05, 0.1) is 21.3 Å². The van der Waals surface area contributed by atoms with E-state index in [4.69, 9.17) is 19.9 Å². The number of hydrogen-bond acceptors (Lipinski definition) is 4. The second-order valence-corrected chi connectivity index (χ2v) is 4.87. The fourth-order valence-corrected chi connectivity index (χ4v) is 2.78. The predicted molar refractivity (Wildman–Crippen MR) is 75.9 cm³/mol. The molecule has 4 nitrogen and oxygen atoms in total. The van der Waals surface area contributed by atoms with Gasteiger partial charge in [0.15, 0.2) is 11.5 Å². The first-order chi connectivity index (χ1) is 8.60. The van der Waals surface area contributed by atoms with Gasteiger partial charge in [0.1, 0.15) is 0 Å². The number of rotatable bonds is 6. The second-order valence-electron chi connectivity index (χ2n) is 4.02. The van der Waals surface area contributed by atoms with Crippen molar-refractivity contribution >= 4 is 15.9 Å². The van der Waals surface area contributed by atoms with E-state index in [9.17, 15) is 0 Å². The first-order valence-electron chi connectivity index (χ1n) is 5.79. The third kappa shape index (κ3) is 2.90. The van der Waals surface area contributed by atoms with Crippen molar-refractivity contribution in [1.29, 1.82) is 0 Å². The quantitative estimate of drug-likeness (QED) is 0.876. The lowest BCUT2D eigenvalue weighted by atomic mass is 9.96. The number of methoxy groups -OCH3 is 3. The Bertz CT molecular complexity index is 410. The molecule has 0 aliphatic carbocycles. The van der Waals surface area contributed by atoms with E-state index in [0.717, 1.165) is 16.5 Å². The smallest absolute Gasteiger partial charge is 0.203 e. The van der Waals surface area contributed by atoms with E-state index in [-0.39, 0.29) is 5.92 Å². The molecule has 1 atom stereocenters. The SMILES string of the molecule is COc1cc(Br)c(C(C)CCN)c(OC)c1OC. The van der Waals surface area contributed by atoms with Crippen LogP contribution in [0.1, 0.15) is 24.8 Å². The monoisotopic (exact) mass is 317 g/mol. The molecule has 1 rings (SSSR count). The van der Waals surface area contributed by atoms with Crippen molar-refractivity contribution in [2.24, 2.45) is 5.73 Å². The molecule has 102 valence electrons. The summed E-state index contributed by atoms with van der Waals surface area (Å²) in [5.41, 5.74) is 6.68. The Morgan fingerprint density at radius 2 is 1.78 bits per heavy atom. The van der Waals surface area contributed by atoms with Crippen molar-refractivity contribution in [3.8, 4) is 17.2 Å². The van der Waals surface area contributed by atoms with Gasteiger partial charge in [0, 0.05) is 10.0 Å². The molecule has 18 heavy (non-hydrogen) atoms. The topological polar surface area (TPSA) is 53.7 Å². The third-order valence-corrected chi connectivity index (χ3v) is 3.57. The minimum atomic E-state index is 0.277. The summed E-state index contributed by atoms with van der Waals surface area (Å²) in [5, 5.41) is 0. The number of halogens is 1.